The molecule has 0 aliphatic heterocycles. The van der Waals surface area contributed by atoms with Crippen LogP contribution in [0.4, 0.5) is 0 Å². The molecule has 2 heterocycles. The van der Waals surface area contributed by atoms with E-state index in [0.29, 0.717) is 0 Å². The van der Waals surface area contributed by atoms with Crippen molar-refractivity contribution in [2.24, 2.45) is 0 Å². The summed E-state index contributed by atoms with van der Waals surface area (Å²) in [5.74, 6) is 0. The summed E-state index contributed by atoms with van der Waals surface area (Å²) in [6.07, 6.45) is 9.78. The Kier molecular flexibility index (Phi) is 4.29. The topological polar surface area (TPSA) is 26.3 Å². The van der Waals surface area contributed by atoms with Gasteiger partial charge in [-0.2, -0.15) is 0 Å². The van der Waals surface area contributed by atoms with E-state index in [9.17, 15) is 0 Å². The maximum Gasteiger partial charge on any atom is 0.136 e. The fourth-order valence-electron chi connectivity index (χ4n) is 4.37. The van der Waals surface area contributed by atoms with E-state index in [1.807, 2.05) is 54.6 Å². The van der Waals surface area contributed by atoms with Gasteiger partial charge in [-0.3, -0.25) is 0 Å². The zero-order valence-corrected chi connectivity index (χ0v) is 17.4. The number of hydrogen-bond donors (Lipinski definition) is 0. The van der Waals surface area contributed by atoms with E-state index in [1.54, 1.807) is 6.08 Å². The predicted octanol–water partition coefficient (Wildman–Crippen LogP) is 8.91. The normalized spacial score (nSPS) is 12.2. The van der Waals surface area contributed by atoms with Gasteiger partial charge in [0.15, 0.2) is 0 Å². The molecule has 0 atom stereocenters. The molecule has 0 aliphatic rings. The van der Waals surface area contributed by atoms with Crippen molar-refractivity contribution in [3.8, 4) is 11.1 Å². The van der Waals surface area contributed by atoms with Crippen molar-refractivity contribution in [1.29, 1.82) is 0 Å². The maximum absolute atomic E-state index is 6.15. The van der Waals surface area contributed by atoms with Crippen LogP contribution in [0.1, 0.15) is 5.56 Å². The number of rotatable bonds is 4. The molecule has 0 aliphatic carbocycles. The van der Waals surface area contributed by atoms with E-state index in [0.717, 1.165) is 60.6 Å². The fraction of sp³-hybridized carbons (Fsp3) is 0. The SMILES string of the molecule is C=C/C=C\C=C/c1cc2oc3ccccc3c2cc1-c1ccc2c(c1)oc1ccccc12. The van der Waals surface area contributed by atoms with Crippen molar-refractivity contribution in [2.45, 2.75) is 0 Å². The van der Waals surface area contributed by atoms with Gasteiger partial charge in [-0.25, -0.2) is 0 Å². The number of benzene rings is 4. The van der Waals surface area contributed by atoms with Gasteiger partial charge in [0.1, 0.15) is 22.3 Å². The highest BCUT2D eigenvalue weighted by atomic mass is 16.3. The van der Waals surface area contributed by atoms with Gasteiger partial charge in [-0.1, -0.05) is 79.4 Å². The molecule has 0 amide bonds. The van der Waals surface area contributed by atoms with E-state index in [-0.39, 0.29) is 0 Å². The number of hydrogen-bond acceptors (Lipinski definition) is 2. The second kappa shape index (κ2) is 7.44. The van der Waals surface area contributed by atoms with Crippen LogP contribution in [0.25, 0.3) is 61.1 Å². The lowest BCUT2D eigenvalue weighted by Gasteiger charge is -2.07. The van der Waals surface area contributed by atoms with Crippen LogP contribution < -0.4 is 0 Å². The first-order chi connectivity index (χ1) is 15.8. The monoisotopic (exact) mass is 412 g/mol. The summed E-state index contributed by atoms with van der Waals surface area (Å²) in [5, 5.41) is 4.50. The summed E-state index contributed by atoms with van der Waals surface area (Å²) in [4.78, 5) is 0. The van der Waals surface area contributed by atoms with Gasteiger partial charge in [0.25, 0.3) is 0 Å². The Balaban J connectivity index is 1.60. The highest BCUT2D eigenvalue weighted by Crippen LogP contribution is 2.38. The molecule has 0 N–H and O–H groups in total. The summed E-state index contributed by atoms with van der Waals surface area (Å²) in [7, 11) is 0. The molecule has 6 rings (SSSR count). The first-order valence-electron chi connectivity index (χ1n) is 10.6. The van der Waals surface area contributed by atoms with Gasteiger partial charge in [-0.15, -0.1) is 0 Å². The summed E-state index contributed by atoms with van der Waals surface area (Å²) >= 11 is 0. The Morgan fingerprint density at radius 1 is 0.562 bits per heavy atom. The fourth-order valence-corrected chi connectivity index (χ4v) is 4.37. The molecule has 0 saturated carbocycles. The zero-order chi connectivity index (χ0) is 21.5. The van der Waals surface area contributed by atoms with Crippen LogP contribution in [-0.4, -0.2) is 0 Å². The van der Waals surface area contributed by atoms with Gasteiger partial charge in [0.2, 0.25) is 0 Å². The molecule has 0 radical (unpaired) electrons. The molecule has 2 aromatic heterocycles. The van der Waals surface area contributed by atoms with Crippen LogP contribution in [0.15, 0.2) is 119 Å². The van der Waals surface area contributed by atoms with Crippen LogP contribution >= 0.6 is 0 Å². The van der Waals surface area contributed by atoms with E-state index >= 15 is 0 Å². The van der Waals surface area contributed by atoms with E-state index in [2.05, 4.69) is 55.1 Å². The number of furan rings is 2. The molecule has 32 heavy (non-hydrogen) atoms. The lowest BCUT2D eigenvalue weighted by molar-refractivity contribution is 0.669. The highest BCUT2D eigenvalue weighted by molar-refractivity contribution is 6.09. The summed E-state index contributed by atoms with van der Waals surface area (Å²) in [5.41, 5.74) is 6.90. The Hall–Kier alpha value is -4.30. The van der Waals surface area contributed by atoms with Crippen molar-refractivity contribution in [3.05, 3.63) is 115 Å². The second-order valence-electron chi connectivity index (χ2n) is 7.82. The minimum atomic E-state index is 0.882. The summed E-state index contributed by atoms with van der Waals surface area (Å²) < 4.78 is 12.3. The van der Waals surface area contributed by atoms with Gasteiger partial charge >= 0.3 is 0 Å². The third kappa shape index (κ3) is 2.97. The number of allylic oxidation sites excluding steroid dienone is 4. The summed E-state index contributed by atoms with van der Waals surface area (Å²) in [6, 6.07) is 27.1. The van der Waals surface area contributed by atoms with Gasteiger partial charge in [-0.05, 0) is 53.1 Å². The van der Waals surface area contributed by atoms with Crippen LogP contribution in [0, 0.1) is 0 Å². The highest BCUT2D eigenvalue weighted by Gasteiger charge is 2.14. The Morgan fingerprint density at radius 2 is 1.22 bits per heavy atom. The van der Waals surface area contributed by atoms with Crippen molar-refractivity contribution in [3.63, 3.8) is 0 Å². The second-order valence-corrected chi connectivity index (χ2v) is 7.82. The van der Waals surface area contributed by atoms with Crippen molar-refractivity contribution < 1.29 is 8.83 Å². The average Bonchev–Trinajstić information content (AvgIpc) is 3.38. The molecule has 2 heteroatoms. The average molecular weight is 412 g/mol. The third-order valence-electron chi connectivity index (χ3n) is 5.87. The Morgan fingerprint density at radius 3 is 1.97 bits per heavy atom. The summed E-state index contributed by atoms with van der Waals surface area (Å²) in [6.45, 7) is 3.74. The first-order valence-corrected chi connectivity index (χ1v) is 10.6. The van der Waals surface area contributed by atoms with E-state index in [1.165, 1.54) is 0 Å². The molecular formula is C30H20O2. The first kappa shape index (κ1) is 18.5. The molecule has 0 saturated heterocycles. The maximum atomic E-state index is 6.15. The lowest BCUT2D eigenvalue weighted by atomic mass is 9.96. The minimum absolute atomic E-state index is 0.882. The largest absolute Gasteiger partial charge is 0.456 e. The van der Waals surface area contributed by atoms with Crippen LogP contribution in [0.2, 0.25) is 0 Å². The van der Waals surface area contributed by atoms with Crippen molar-refractivity contribution >= 4 is 50.0 Å². The number of para-hydroxylation sites is 2. The quantitative estimate of drug-likeness (QED) is 0.270. The molecule has 0 unspecified atom stereocenters. The molecule has 152 valence electrons. The van der Waals surface area contributed by atoms with Crippen LogP contribution in [0.3, 0.4) is 0 Å². The number of fused-ring (bicyclic) bond motifs is 6. The zero-order valence-electron chi connectivity index (χ0n) is 17.4. The van der Waals surface area contributed by atoms with Gasteiger partial charge in [0.05, 0.1) is 0 Å². The minimum Gasteiger partial charge on any atom is -0.456 e. The van der Waals surface area contributed by atoms with Crippen LogP contribution in [0.5, 0.6) is 0 Å². The third-order valence-corrected chi connectivity index (χ3v) is 5.87. The molecule has 0 bridgehead atoms. The molecule has 0 fully saturated rings. The standard InChI is InChI=1S/C30H20O2/c1-2-3-4-5-10-20-17-30-26(23-12-7-9-14-28(23)32-30)19-25(20)21-15-16-24-22-11-6-8-13-27(22)31-29(24)18-21/h2-19H,1H2/b4-3-,10-5-. The molecule has 4 aromatic carbocycles. The lowest BCUT2D eigenvalue weighted by Crippen LogP contribution is -1.84. The molecule has 2 nitrogen and oxygen atoms in total. The smallest absolute Gasteiger partial charge is 0.136 e. The van der Waals surface area contributed by atoms with E-state index in [4.69, 9.17) is 8.83 Å². The van der Waals surface area contributed by atoms with Crippen LogP contribution in [-0.2, 0) is 0 Å². The molecule has 6 aromatic rings. The van der Waals surface area contributed by atoms with Crippen molar-refractivity contribution in [1.82, 2.24) is 0 Å². The van der Waals surface area contributed by atoms with E-state index < -0.39 is 0 Å². The Bertz CT molecular complexity index is 1690. The predicted molar refractivity (Wildman–Crippen MR) is 135 cm³/mol. The van der Waals surface area contributed by atoms with Gasteiger partial charge < -0.3 is 8.83 Å². The van der Waals surface area contributed by atoms with Crippen molar-refractivity contribution in [2.75, 3.05) is 0 Å². The van der Waals surface area contributed by atoms with Gasteiger partial charge in [0, 0.05) is 21.5 Å². The Labute approximate surface area is 185 Å². The molecular weight excluding hydrogens is 392 g/mol. The molecule has 0 spiro atoms.